The van der Waals surface area contributed by atoms with Crippen LogP contribution in [0, 0.1) is 5.82 Å². The molecule has 1 unspecified atom stereocenters. The molecule has 1 aromatic heterocycles. The first-order chi connectivity index (χ1) is 11.8. The minimum atomic E-state index is -0.316. The highest BCUT2D eigenvalue weighted by Gasteiger charge is 2.32. The van der Waals surface area contributed by atoms with Crippen LogP contribution in [0.25, 0.3) is 0 Å². The third-order valence-electron chi connectivity index (χ3n) is 3.98. The molecule has 0 saturated carbocycles. The Morgan fingerprint density at radius 3 is 2.56 bits per heavy atom. The molecule has 3 aromatic rings. The third-order valence-corrected chi connectivity index (χ3v) is 3.98. The van der Waals surface area contributed by atoms with Gasteiger partial charge in [-0.05, 0) is 29.8 Å². The largest absolute Gasteiger partial charge is 0.367 e. The SMILES string of the molecule is Cl.Fc1ccc2c(c1)ON(N=c1cc[nH]cc1)C2Cc1ccccc1. The van der Waals surface area contributed by atoms with E-state index in [1.807, 2.05) is 30.3 Å². The summed E-state index contributed by atoms with van der Waals surface area (Å²) in [4.78, 5) is 8.76. The Morgan fingerprint density at radius 1 is 1.04 bits per heavy atom. The van der Waals surface area contributed by atoms with Gasteiger partial charge in [0, 0.05) is 30.4 Å². The average Bonchev–Trinajstić information content (AvgIpc) is 2.93. The predicted octanol–water partition coefficient (Wildman–Crippen LogP) is 3.98. The molecule has 1 aliphatic rings. The van der Waals surface area contributed by atoms with E-state index in [-0.39, 0.29) is 24.3 Å². The first kappa shape index (κ1) is 17.0. The van der Waals surface area contributed by atoms with E-state index in [1.165, 1.54) is 17.7 Å². The Morgan fingerprint density at radius 2 is 1.80 bits per heavy atom. The number of nitrogens with zero attached hydrogens (tertiary/aromatic N) is 2. The van der Waals surface area contributed by atoms with Crippen molar-refractivity contribution in [1.82, 2.24) is 10.2 Å². The fraction of sp³-hybridized carbons (Fsp3) is 0.105. The number of hydroxylamine groups is 1. The van der Waals surface area contributed by atoms with Crippen LogP contribution in [0.4, 0.5) is 4.39 Å². The van der Waals surface area contributed by atoms with Crippen molar-refractivity contribution in [2.45, 2.75) is 12.5 Å². The number of rotatable bonds is 3. The van der Waals surface area contributed by atoms with E-state index in [2.05, 4.69) is 22.2 Å². The number of hydrogen-bond acceptors (Lipinski definition) is 3. The highest BCUT2D eigenvalue weighted by molar-refractivity contribution is 5.85. The van der Waals surface area contributed by atoms with Crippen molar-refractivity contribution in [2.75, 3.05) is 0 Å². The van der Waals surface area contributed by atoms with Crippen LogP contribution in [0.3, 0.4) is 0 Å². The molecule has 0 bridgehead atoms. The van der Waals surface area contributed by atoms with Gasteiger partial charge in [0.15, 0.2) is 5.75 Å². The van der Waals surface area contributed by atoms with Crippen LogP contribution in [-0.2, 0) is 6.42 Å². The molecule has 0 aliphatic carbocycles. The van der Waals surface area contributed by atoms with E-state index in [0.717, 1.165) is 17.3 Å². The second kappa shape index (κ2) is 7.40. The van der Waals surface area contributed by atoms with Crippen LogP contribution >= 0.6 is 12.4 Å². The zero-order valence-corrected chi connectivity index (χ0v) is 14.1. The Hall–Kier alpha value is -2.79. The number of nitrogens with one attached hydrogen (secondary N) is 1. The molecule has 0 amide bonds. The maximum atomic E-state index is 13.5. The number of aromatic nitrogens is 1. The molecule has 2 heterocycles. The quantitative estimate of drug-likeness (QED) is 0.770. The van der Waals surface area contributed by atoms with Gasteiger partial charge in [-0.2, -0.15) is 0 Å². The number of H-pyrrole nitrogens is 1. The predicted molar refractivity (Wildman–Crippen MR) is 95.4 cm³/mol. The van der Waals surface area contributed by atoms with Gasteiger partial charge in [-0.1, -0.05) is 30.3 Å². The lowest BCUT2D eigenvalue weighted by Gasteiger charge is -2.19. The fourth-order valence-corrected chi connectivity index (χ4v) is 2.82. The summed E-state index contributed by atoms with van der Waals surface area (Å²) in [6.07, 6.45) is 4.32. The van der Waals surface area contributed by atoms with Crippen molar-refractivity contribution in [1.29, 1.82) is 0 Å². The van der Waals surface area contributed by atoms with Crippen LogP contribution in [0.2, 0.25) is 0 Å². The topological polar surface area (TPSA) is 40.6 Å². The molecule has 6 heteroatoms. The van der Waals surface area contributed by atoms with Gasteiger partial charge in [0.05, 0.1) is 5.36 Å². The molecule has 1 aliphatic heterocycles. The van der Waals surface area contributed by atoms with E-state index in [0.29, 0.717) is 5.75 Å². The molecule has 4 rings (SSSR count). The molecule has 1 atom stereocenters. The number of halogens is 2. The van der Waals surface area contributed by atoms with Crippen molar-refractivity contribution in [2.24, 2.45) is 5.10 Å². The third kappa shape index (κ3) is 3.67. The molecule has 4 nitrogen and oxygen atoms in total. The summed E-state index contributed by atoms with van der Waals surface area (Å²) < 4.78 is 13.5. The Bertz CT molecular complexity index is 896. The Balaban J connectivity index is 0.00000182. The van der Waals surface area contributed by atoms with Gasteiger partial charge < -0.3 is 9.82 Å². The molecule has 0 radical (unpaired) electrons. The standard InChI is InChI=1S/C19H16FN3O.ClH/c20-15-6-7-17-18(12-14-4-2-1-3-5-14)23(24-19(17)13-15)22-16-8-10-21-11-9-16;/h1-11,13,18H,12H2,(H,21,22);1H. The van der Waals surface area contributed by atoms with Gasteiger partial charge in [-0.15, -0.1) is 22.7 Å². The van der Waals surface area contributed by atoms with Crippen LogP contribution in [0.5, 0.6) is 5.75 Å². The second-order valence-electron chi connectivity index (χ2n) is 5.64. The minimum Gasteiger partial charge on any atom is -0.367 e. The number of fused-ring (bicyclic) bond motifs is 1. The number of pyridine rings is 1. The van der Waals surface area contributed by atoms with Crippen molar-refractivity contribution >= 4 is 12.4 Å². The van der Waals surface area contributed by atoms with Gasteiger partial charge in [-0.3, -0.25) is 0 Å². The van der Waals surface area contributed by atoms with E-state index < -0.39 is 0 Å². The zero-order valence-electron chi connectivity index (χ0n) is 13.3. The van der Waals surface area contributed by atoms with Crippen LogP contribution in [0.1, 0.15) is 17.2 Å². The molecule has 1 N–H and O–H groups in total. The summed E-state index contributed by atoms with van der Waals surface area (Å²) in [7, 11) is 0. The van der Waals surface area contributed by atoms with Gasteiger partial charge in [0.1, 0.15) is 11.9 Å². The van der Waals surface area contributed by atoms with Crippen molar-refractivity contribution in [3.05, 3.63) is 95.4 Å². The number of hydrogen-bond donors (Lipinski definition) is 1. The average molecular weight is 358 g/mol. The molecule has 25 heavy (non-hydrogen) atoms. The summed E-state index contributed by atoms with van der Waals surface area (Å²) >= 11 is 0. The zero-order chi connectivity index (χ0) is 16.4. The first-order valence-corrected chi connectivity index (χ1v) is 7.78. The Kier molecular flexibility index (Phi) is 5.05. The van der Waals surface area contributed by atoms with Crippen LogP contribution in [-0.4, -0.2) is 10.2 Å². The fourth-order valence-electron chi connectivity index (χ4n) is 2.82. The molecule has 0 saturated heterocycles. The van der Waals surface area contributed by atoms with Gasteiger partial charge in [0.2, 0.25) is 0 Å². The van der Waals surface area contributed by atoms with Crippen LogP contribution < -0.4 is 10.2 Å². The molecule has 2 aromatic carbocycles. The maximum absolute atomic E-state index is 13.5. The summed E-state index contributed by atoms with van der Waals surface area (Å²) in [5.41, 5.74) is 2.11. The van der Waals surface area contributed by atoms with Crippen molar-refractivity contribution < 1.29 is 9.23 Å². The molecular weight excluding hydrogens is 341 g/mol. The van der Waals surface area contributed by atoms with E-state index in [9.17, 15) is 4.39 Å². The monoisotopic (exact) mass is 357 g/mol. The Labute approximate surface area is 151 Å². The van der Waals surface area contributed by atoms with Gasteiger partial charge >= 0.3 is 0 Å². The number of benzene rings is 2. The molecule has 128 valence electrons. The molecule has 0 fully saturated rings. The van der Waals surface area contributed by atoms with Crippen molar-refractivity contribution in [3.63, 3.8) is 0 Å². The smallest absolute Gasteiger partial charge is 0.165 e. The lowest BCUT2D eigenvalue weighted by molar-refractivity contribution is -0.0741. The summed E-state index contributed by atoms with van der Waals surface area (Å²) in [5, 5.41) is 6.87. The summed E-state index contributed by atoms with van der Waals surface area (Å²) in [5.74, 6) is 0.200. The highest BCUT2D eigenvalue weighted by Crippen LogP contribution is 2.39. The molecule has 0 spiro atoms. The van der Waals surface area contributed by atoms with Gasteiger partial charge in [-0.25, -0.2) is 4.39 Å². The summed E-state index contributed by atoms with van der Waals surface area (Å²) in [6.45, 7) is 0. The lowest BCUT2D eigenvalue weighted by atomic mass is 9.99. The normalized spacial score (nSPS) is 15.1. The first-order valence-electron chi connectivity index (χ1n) is 7.78. The van der Waals surface area contributed by atoms with E-state index in [4.69, 9.17) is 4.84 Å². The maximum Gasteiger partial charge on any atom is 0.165 e. The minimum absolute atomic E-state index is 0. The molecular formula is C19H17ClFN3O. The van der Waals surface area contributed by atoms with Crippen LogP contribution in [0.15, 0.2) is 78.2 Å². The van der Waals surface area contributed by atoms with Crippen molar-refractivity contribution in [3.8, 4) is 5.75 Å². The van der Waals surface area contributed by atoms with E-state index >= 15 is 0 Å². The second-order valence-corrected chi connectivity index (χ2v) is 5.64. The van der Waals surface area contributed by atoms with E-state index in [1.54, 1.807) is 23.6 Å². The summed E-state index contributed by atoms with van der Waals surface area (Å²) in [6, 6.07) is 18.4. The highest BCUT2D eigenvalue weighted by atomic mass is 35.5. The van der Waals surface area contributed by atoms with Gasteiger partial charge in [0.25, 0.3) is 0 Å². The number of aromatic amines is 1. The lowest BCUT2D eigenvalue weighted by Crippen LogP contribution is -2.25.